The molecule has 1 aromatic heterocycles. The van der Waals surface area contributed by atoms with Crippen LogP contribution in [-0.2, 0) is 6.54 Å². The summed E-state index contributed by atoms with van der Waals surface area (Å²) in [6.45, 7) is 9.81. The van der Waals surface area contributed by atoms with Gasteiger partial charge in [0, 0.05) is 46.3 Å². The van der Waals surface area contributed by atoms with Crippen molar-refractivity contribution < 1.29 is 14.3 Å². The van der Waals surface area contributed by atoms with E-state index in [-0.39, 0.29) is 12.0 Å². The molecule has 1 aliphatic rings. The van der Waals surface area contributed by atoms with Gasteiger partial charge in [0.25, 0.3) is 5.91 Å². The smallest absolute Gasteiger partial charge is 0.275 e. The van der Waals surface area contributed by atoms with E-state index in [0.717, 1.165) is 52.0 Å². The molecular formula is C18H32N4O3. The molecule has 1 fully saturated rings. The average molecular weight is 352 g/mol. The number of piperazine rings is 1. The molecule has 0 radical (unpaired) electrons. The number of aliphatic hydroxyl groups is 1. The largest absolute Gasteiger partial charge is 0.447 e. The molecule has 1 unspecified atom stereocenters. The second-order valence-electron chi connectivity index (χ2n) is 6.82. The van der Waals surface area contributed by atoms with Gasteiger partial charge in [0.2, 0.25) is 5.89 Å². The first kappa shape index (κ1) is 19.9. The molecule has 1 aromatic rings. The highest BCUT2D eigenvalue weighted by Crippen LogP contribution is 2.11. The van der Waals surface area contributed by atoms with Gasteiger partial charge in [0.15, 0.2) is 5.69 Å². The third-order valence-electron chi connectivity index (χ3n) is 4.78. The Hall–Kier alpha value is -1.44. The number of carbonyl (C=O) groups is 1. The van der Waals surface area contributed by atoms with E-state index in [1.807, 2.05) is 6.92 Å². The van der Waals surface area contributed by atoms with Gasteiger partial charge in [-0.15, -0.1) is 0 Å². The van der Waals surface area contributed by atoms with Crippen LogP contribution in [0.2, 0.25) is 0 Å². The lowest BCUT2D eigenvalue weighted by Gasteiger charge is -2.35. The lowest BCUT2D eigenvalue weighted by atomic mass is 10.1. The lowest BCUT2D eigenvalue weighted by Crippen LogP contribution is -2.48. The summed E-state index contributed by atoms with van der Waals surface area (Å²) in [5, 5.41) is 10.0. The normalized spacial score (nSPS) is 17.6. The first-order chi connectivity index (χ1) is 12.0. The van der Waals surface area contributed by atoms with Crippen molar-refractivity contribution in [1.29, 1.82) is 0 Å². The number of amides is 1. The fourth-order valence-corrected chi connectivity index (χ4v) is 2.97. The maximum atomic E-state index is 12.1. The van der Waals surface area contributed by atoms with Crippen molar-refractivity contribution in [3.63, 3.8) is 0 Å². The number of unbranched alkanes of at least 4 members (excludes halogenated alkanes) is 1. The number of hydrogen-bond acceptors (Lipinski definition) is 6. The monoisotopic (exact) mass is 352 g/mol. The third-order valence-corrected chi connectivity index (χ3v) is 4.78. The quantitative estimate of drug-likeness (QED) is 0.725. The zero-order valence-electron chi connectivity index (χ0n) is 15.8. The minimum Gasteiger partial charge on any atom is -0.447 e. The van der Waals surface area contributed by atoms with Crippen molar-refractivity contribution in [2.45, 2.75) is 45.8 Å². The van der Waals surface area contributed by atoms with E-state index in [9.17, 15) is 9.90 Å². The van der Waals surface area contributed by atoms with E-state index < -0.39 is 0 Å². The van der Waals surface area contributed by atoms with Crippen LogP contribution in [0.25, 0.3) is 0 Å². The Morgan fingerprint density at radius 1 is 1.32 bits per heavy atom. The predicted molar refractivity (Wildman–Crippen MR) is 96.4 cm³/mol. The van der Waals surface area contributed by atoms with E-state index in [0.29, 0.717) is 24.7 Å². The van der Waals surface area contributed by atoms with E-state index >= 15 is 0 Å². The Kier molecular flexibility index (Phi) is 7.87. The average Bonchev–Trinajstić information content (AvgIpc) is 3.08. The van der Waals surface area contributed by atoms with Gasteiger partial charge in [-0.05, 0) is 13.3 Å². The SMILES string of the molecule is CCCCC(O)CN1CCN(Cc2nc(C(=O)N(C)CC)co2)CC1. The summed E-state index contributed by atoms with van der Waals surface area (Å²) in [4.78, 5) is 22.6. The van der Waals surface area contributed by atoms with Crippen LogP contribution in [0.5, 0.6) is 0 Å². The molecule has 142 valence electrons. The topological polar surface area (TPSA) is 73.1 Å². The Morgan fingerprint density at radius 2 is 2.00 bits per heavy atom. The lowest BCUT2D eigenvalue weighted by molar-refractivity contribution is 0.0627. The van der Waals surface area contributed by atoms with E-state index in [4.69, 9.17) is 4.42 Å². The number of oxazole rings is 1. The number of carbonyl (C=O) groups excluding carboxylic acids is 1. The summed E-state index contributed by atoms with van der Waals surface area (Å²) < 4.78 is 5.46. The maximum absolute atomic E-state index is 12.1. The van der Waals surface area contributed by atoms with E-state index in [1.54, 1.807) is 11.9 Å². The molecule has 1 saturated heterocycles. The Morgan fingerprint density at radius 3 is 2.64 bits per heavy atom. The van der Waals surface area contributed by atoms with Gasteiger partial charge in [-0.2, -0.15) is 0 Å². The van der Waals surface area contributed by atoms with E-state index in [2.05, 4.69) is 21.7 Å². The zero-order chi connectivity index (χ0) is 18.2. The van der Waals surface area contributed by atoms with Crippen LogP contribution in [0.15, 0.2) is 10.7 Å². The van der Waals surface area contributed by atoms with Crippen molar-refractivity contribution in [2.75, 3.05) is 46.3 Å². The van der Waals surface area contributed by atoms with Gasteiger partial charge in [0.1, 0.15) is 6.26 Å². The van der Waals surface area contributed by atoms with Crippen LogP contribution in [0.4, 0.5) is 0 Å². The molecule has 1 amide bonds. The summed E-state index contributed by atoms with van der Waals surface area (Å²) in [6, 6.07) is 0. The highest BCUT2D eigenvalue weighted by atomic mass is 16.3. The molecular weight excluding hydrogens is 320 g/mol. The number of aliphatic hydroxyl groups excluding tert-OH is 1. The standard InChI is InChI=1S/C18H32N4O3/c1-4-6-7-15(23)12-21-8-10-22(11-9-21)13-17-19-16(14-25-17)18(24)20(3)5-2/h14-15,23H,4-13H2,1-3H3. The molecule has 7 heteroatoms. The molecule has 2 heterocycles. The van der Waals surface area contributed by atoms with Gasteiger partial charge < -0.3 is 14.4 Å². The molecule has 7 nitrogen and oxygen atoms in total. The molecule has 0 bridgehead atoms. The Bertz CT molecular complexity index is 526. The minimum atomic E-state index is -0.220. The van der Waals surface area contributed by atoms with Gasteiger partial charge in [-0.3, -0.25) is 14.6 Å². The number of nitrogens with zero attached hydrogens (tertiary/aromatic N) is 4. The van der Waals surface area contributed by atoms with Crippen molar-refractivity contribution in [2.24, 2.45) is 0 Å². The number of rotatable bonds is 9. The van der Waals surface area contributed by atoms with Crippen LogP contribution in [-0.4, -0.2) is 83.1 Å². The summed E-state index contributed by atoms with van der Waals surface area (Å²) >= 11 is 0. The highest BCUT2D eigenvalue weighted by Gasteiger charge is 2.21. The van der Waals surface area contributed by atoms with Gasteiger partial charge in [-0.1, -0.05) is 19.8 Å². The van der Waals surface area contributed by atoms with Gasteiger partial charge in [0.05, 0.1) is 12.6 Å². The fourth-order valence-electron chi connectivity index (χ4n) is 2.97. The Labute approximate surface area is 150 Å². The Balaban J connectivity index is 1.75. The molecule has 1 aliphatic heterocycles. The van der Waals surface area contributed by atoms with Crippen LogP contribution in [0.3, 0.4) is 0 Å². The summed E-state index contributed by atoms with van der Waals surface area (Å²) in [5.74, 6) is 0.479. The molecule has 0 aromatic carbocycles. The van der Waals surface area contributed by atoms with Crippen LogP contribution in [0, 0.1) is 0 Å². The molecule has 0 saturated carbocycles. The molecule has 0 aliphatic carbocycles. The van der Waals surface area contributed by atoms with Crippen LogP contribution < -0.4 is 0 Å². The van der Waals surface area contributed by atoms with Crippen molar-refractivity contribution >= 4 is 5.91 Å². The molecule has 1 N–H and O–H groups in total. The third kappa shape index (κ3) is 6.09. The van der Waals surface area contributed by atoms with Gasteiger partial charge >= 0.3 is 0 Å². The summed E-state index contributed by atoms with van der Waals surface area (Å²) in [7, 11) is 1.75. The van der Waals surface area contributed by atoms with Crippen molar-refractivity contribution in [3.05, 3.63) is 17.8 Å². The molecule has 1 atom stereocenters. The molecule has 2 rings (SSSR count). The van der Waals surface area contributed by atoms with E-state index in [1.165, 1.54) is 6.26 Å². The molecule has 25 heavy (non-hydrogen) atoms. The highest BCUT2D eigenvalue weighted by molar-refractivity contribution is 5.91. The fraction of sp³-hybridized carbons (Fsp3) is 0.778. The predicted octanol–water partition coefficient (Wildman–Crippen LogP) is 1.44. The molecule has 0 spiro atoms. The van der Waals surface area contributed by atoms with Crippen molar-refractivity contribution in [1.82, 2.24) is 19.7 Å². The first-order valence-corrected chi connectivity index (χ1v) is 9.36. The first-order valence-electron chi connectivity index (χ1n) is 9.36. The number of aromatic nitrogens is 1. The minimum absolute atomic E-state index is 0.108. The maximum Gasteiger partial charge on any atom is 0.275 e. The second kappa shape index (κ2) is 9.89. The summed E-state index contributed by atoms with van der Waals surface area (Å²) in [6.07, 6.45) is 4.32. The summed E-state index contributed by atoms with van der Waals surface area (Å²) in [5.41, 5.74) is 0.372. The van der Waals surface area contributed by atoms with Crippen LogP contribution in [0.1, 0.15) is 49.5 Å². The number of β-amino-alcohol motifs (C(OH)–C–C–N with tert-alkyl or cyclic N) is 1. The van der Waals surface area contributed by atoms with Crippen LogP contribution >= 0.6 is 0 Å². The van der Waals surface area contributed by atoms with Crippen molar-refractivity contribution in [3.8, 4) is 0 Å². The second-order valence-corrected chi connectivity index (χ2v) is 6.82. The number of hydrogen-bond donors (Lipinski definition) is 1. The zero-order valence-corrected chi connectivity index (χ0v) is 15.8. The van der Waals surface area contributed by atoms with Gasteiger partial charge in [-0.25, -0.2) is 4.98 Å².